The van der Waals surface area contributed by atoms with E-state index < -0.39 is 11.2 Å². The maximum atomic E-state index is 13.7. The predicted molar refractivity (Wildman–Crippen MR) is 352 cm³/mol. The average Bonchev–Trinajstić information content (AvgIpc) is 4.54. The van der Waals surface area contributed by atoms with Crippen molar-refractivity contribution in [2.75, 3.05) is 26.4 Å². The van der Waals surface area contributed by atoms with Crippen molar-refractivity contribution in [3.8, 4) is 44.6 Å². The molecule has 0 fully saturated rings. The summed E-state index contributed by atoms with van der Waals surface area (Å²) >= 11 is 6.63. The maximum Gasteiger partial charge on any atom is 0.150 e. The molecule has 8 rings (SSSR count). The van der Waals surface area contributed by atoms with Crippen molar-refractivity contribution in [3.63, 3.8) is 0 Å². The number of unbranched alkanes of at least 4 members (excludes halogenated alkanes) is 4. The highest BCUT2D eigenvalue weighted by atomic mass is 32.1. The third kappa shape index (κ3) is 15.3. The van der Waals surface area contributed by atoms with Crippen molar-refractivity contribution in [1.82, 2.24) is 0 Å². The molecule has 10 heteroatoms. The first kappa shape index (κ1) is 63.1. The summed E-state index contributed by atoms with van der Waals surface area (Å²) in [5, 5.41) is 33.8. The summed E-state index contributed by atoms with van der Waals surface area (Å²) in [6, 6.07) is 39.1. The molecule has 0 saturated heterocycles. The van der Waals surface area contributed by atoms with Gasteiger partial charge >= 0.3 is 0 Å². The Kier molecular flexibility index (Phi) is 24.1. The van der Waals surface area contributed by atoms with Gasteiger partial charge in [-0.3, -0.25) is 0 Å². The van der Waals surface area contributed by atoms with Crippen LogP contribution in [0.25, 0.3) is 31.0 Å². The van der Waals surface area contributed by atoms with Gasteiger partial charge in [-0.25, -0.2) is 0 Å². The number of ether oxygens (including phenoxy) is 4. The number of hydrogen-bond donors (Lipinski definition) is 2. The van der Waals surface area contributed by atoms with Gasteiger partial charge in [0.25, 0.3) is 0 Å². The van der Waals surface area contributed by atoms with Crippen LogP contribution in [0.2, 0.25) is 0 Å². The minimum atomic E-state index is -1.49. The molecule has 0 spiro atoms. The molecule has 0 saturated carbocycles. The average molecular weight is 1180 g/mol. The lowest BCUT2D eigenvalue weighted by atomic mass is 9.82. The van der Waals surface area contributed by atoms with Crippen LogP contribution in [0.1, 0.15) is 190 Å². The molecule has 2 N–H and O–H groups in total. The first-order valence-electron chi connectivity index (χ1n) is 31.1. The highest BCUT2D eigenvalue weighted by molar-refractivity contribution is 7.30. The maximum absolute atomic E-state index is 13.7. The van der Waals surface area contributed by atoms with Crippen LogP contribution in [0.15, 0.2) is 131 Å². The van der Waals surface area contributed by atoms with Crippen LogP contribution in [0.4, 0.5) is 0 Å². The van der Waals surface area contributed by atoms with Crippen molar-refractivity contribution < 1.29 is 29.2 Å². The molecule has 0 bridgehead atoms. The van der Waals surface area contributed by atoms with E-state index in [0.29, 0.717) is 50.1 Å². The minimum Gasteiger partial charge on any atom is -0.493 e. The zero-order chi connectivity index (χ0) is 57.9. The lowest BCUT2D eigenvalue weighted by Gasteiger charge is -2.30. The van der Waals surface area contributed by atoms with Crippen molar-refractivity contribution in [2.24, 2.45) is 23.7 Å². The fourth-order valence-electron chi connectivity index (χ4n) is 11.2. The second-order valence-corrected chi connectivity index (χ2v) is 26.5. The number of aliphatic hydroxyl groups is 2. The molecule has 8 aromatic rings. The molecule has 4 atom stereocenters. The van der Waals surface area contributed by atoms with E-state index >= 15 is 0 Å². The Morgan fingerprint density at radius 1 is 0.390 bits per heavy atom. The molecule has 4 unspecified atom stereocenters. The first-order valence-corrected chi connectivity index (χ1v) is 34.6. The molecule has 82 heavy (non-hydrogen) atoms. The van der Waals surface area contributed by atoms with Gasteiger partial charge in [-0.05, 0) is 149 Å². The summed E-state index contributed by atoms with van der Waals surface area (Å²) in [6.45, 7) is 20.7. The third-order valence-electron chi connectivity index (χ3n) is 17.0. The van der Waals surface area contributed by atoms with Gasteiger partial charge < -0.3 is 29.2 Å². The highest BCUT2D eigenvalue weighted by Crippen LogP contribution is 2.52. The lowest BCUT2D eigenvalue weighted by Crippen LogP contribution is -2.28. The van der Waals surface area contributed by atoms with E-state index in [1.807, 2.05) is 97.1 Å². The summed E-state index contributed by atoms with van der Waals surface area (Å²) in [5.41, 5.74) is 3.18. The number of benzene rings is 4. The van der Waals surface area contributed by atoms with Crippen LogP contribution >= 0.6 is 45.3 Å². The zero-order valence-electron chi connectivity index (χ0n) is 50.3. The van der Waals surface area contributed by atoms with Gasteiger partial charge in [0.05, 0.1) is 40.9 Å². The molecule has 0 aliphatic heterocycles. The molecule has 0 aliphatic carbocycles. The van der Waals surface area contributed by atoms with Crippen LogP contribution in [-0.2, 0) is 11.2 Å². The Balaban J connectivity index is 1.15. The van der Waals surface area contributed by atoms with Gasteiger partial charge in [-0.15, -0.1) is 45.3 Å². The van der Waals surface area contributed by atoms with E-state index in [0.717, 1.165) is 137 Å². The Labute approximate surface area is 507 Å². The molecule has 4 aromatic heterocycles. The van der Waals surface area contributed by atoms with Crippen molar-refractivity contribution in [1.29, 1.82) is 0 Å². The topological polar surface area (TPSA) is 77.4 Å². The molecule has 6 nitrogen and oxygen atoms in total. The second kappa shape index (κ2) is 31.3. The van der Waals surface area contributed by atoms with Gasteiger partial charge in [-0.2, -0.15) is 0 Å². The van der Waals surface area contributed by atoms with Crippen molar-refractivity contribution in [2.45, 2.75) is 169 Å². The predicted octanol–water partition coefficient (Wildman–Crippen LogP) is 21.4. The van der Waals surface area contributed by atoms with Crippen LogP contribution < -0.4 is 18.9 Å². The normalized spacial score (nSPS) is 14.7. The van der Waals surface area contributed by atoms with Crippen LogP contribution in [0.5, 0.6) is 23.0 Å². The molecule has 4 aromatic carbocycles. The summed E-state index contributed by atoms with van der Waals surface area (Å²) < 4.78 is 27.9. The summed E-state index contributed by atoms with van der Waals surface area (Å²) in [7, 11) is 0. The van der Waals surface area contributed by atoms with Gasteiger partial charge in [0.15, 0.2) is 0 Å². The Hall–Kier alpha value is -4.94. The quantitative estimate of drug-likeness (QED) is 0.0407. The largest absolute Gasteiger partial charge is 0.493 e. The molecular formula is C72H92O6S4. The fourth-order valence-corrected chi connectivity index (χ4v) is 15.8. The second-order valence-electron chi connectivity index (χ2n) is 22.7. The number of thiophene rings is 4. The SMILES string of the molecule is CCCCC(CC)COc1ccc(C(O)(c2ccc(OCC(CC)CCCC)cc2)c2sccc2-c2cc3scc(-c4ccsc4C(O)(c4ccc(OCC(CC)CCCC)cc4)c4ccc(OCC(CC)CCCC)cc4)c3s2)cc1. The number of rotatable bonds is 36. The summed E-state index contributed by atoms with van der Waals surface area (Å²) in [6.07, 6.45) is 18.5. The van der Waals surface area contributed by atoms with Gasteiger partial charge in [-0.1, -0.05) is 181 Å². The van der Waals surface area contributed by atoms with E-state index in [9.17, 15) is 10.2 Å². The standard InChI is InChI=1S/C72H92O6S4/c1-9-17-21-51(13-5)46-75-59-33-25-55(26-34-59)71(73,56-27-35-60(36-28-56)76-47-52(14-6)22-18-10-2)69-63(41-43-79-69)65-50-81-67-45-66(82-68(65)67)64-42-44-80-70(64)72(74,57-29-37-61(38-30-57)77-48-53(15-7)23-19-11-3)58-31-39-62(40-32-58)78-49-54(16-8)24-20-12-4/h25-45,50-54,73-74H,9-24,46-49H2,1-8H3. The van der Waals surface area contributed by atoms with Crippen LogP contribution in [-0.4, -0.2) is 36.6 Å². The Bertz CT molecular complexity index is 2960. The third-order valence-corrected chi connectivity index (χ3v) is 21.3. The van der Waals surface area contributed by atoms with E-state index in [1.54, 1.807) is 45.3 Å². The summed E-state index contributed by atoms with van der Waals surface area (Å²) in [4.78, 5) is 2.78. The Morgan fingerprint density at radius 2 is 0.707 bits per heavy atom. The van der Waals surface area contributed by atoms with Gasteiger partial charge in [0.2, 0.25) is 0 Å². The molecule has 0 amide bonds. The summed E-state index contributed by atoms with van der Waals surface area (Å²) in [5.74, 6) is 5.28. The molecular weight excluding hydrogens is 1090 g/mol. The fraction of sp³-hybridized carbons (Fsp3) is 0.472. The Morgan fingerprint density at radius 3 is 1.02 bits per heavy atom. The monoisotopic (exact) mass is 1180 g/mol. The lowest BCUT2D eigenvalue weighted by molar-refractivity contribution is 0.129. The van der Waals surface area contributed by atoms with Gasteiger partial charge in [0.1, 0.15) is 34.2 Å². The zero-order valence-corrected chi connectivity index (χ0v) is 53.6. The molecule has 0 aliphatic rings. The van der Waals surface area contributed by atoms with Crippen LogP contribution in [0, 0.1) is 23.7 Å². The van der Waals surface area contributed by atoms with Crippen LogP contribution in [0.3, 0.4) is 0 Å². The van der Waals surface area contributed by atoms with E-state index in [2.05, 4.69) is 89.7 Å². The molecule has 440 valence electrons. The van der Waals surface area contributed by atoms with Crippen molar-refractivity contribution >= 4 is 54.7 Å². The molecule has 4 heterocycles. The first-order chi connectivity index (χ1) is 40.0. The van der Waals surface area contributed by atoms with Crippen molar-refractivity contribution in [3.05, 3.63) is 163 Å². The van der Waals surface area contributed by atoms with Gasteiger partial charge in [0, 0.05) is 31.6 Å². The van der Waals surface area contributed by atoms with E-state index in [-0.39, 0.29) is 0 Å². The number of fused-ring (bicyclic) bond motifs is 1. The van der Waals surface area contributed by atoms with E-state index in [1.165, 1.54) is 51.4 Å². The number of hydrogen-bond acceptors (Lipinski definition) is 10. The van der Waals surface area contributed by atoms with E-state index in [4.69, 9.17) is 18.9 Å². The minimum absolute atomic E-state index is 0.510. The molecule has 0 radical (unpaired) electrons. The smallest absolute Gasteiger partial charge is 0.150 e. The highest BCUT2D eigenvalue weighted by Gasteiger charge is 2.40.